The fourth-order valence-corrected chi connectivity index (χ4v) is 11.7. The summed E-state index contributed by atoms with van der Waals surface area (Å²) in [5.41, 5.74) is 17.5. The van der Waals surface area contributed by atoms with Crippen LogP contribution in [0.3, 0.4) is 0 Å². The summed E-state index contributed by atoms with van der Waals surface area (Å²) in [6.45, 7) is 9.35. The van der Waals surface area contributed by atoms with E-state index in [0.29, 0.717) is 12.5 Å². The van der Waals surface area contributed by atoms with Crippen molar-refractivity contribution >= 4 is 44.9 Å². The maximum Gasteiger partial charge on any atom is 0.120 e. The standard InChI is InChI=1S/C72H62N2O2/c1-3-52-28-30-54(31-29-52)51-72(57-20-10-7-11-21-57)68-27-17-16-26-64(68)65-43-39-61(49-69(65)72)73(58-22-12-8-13-23-58)60-37-34-55(35-38-60)56-36-44-70-66(48-56)67-50-63(42-45-71(67)74(70)59-24-14-9-15-25-59)76-47-19-6-5-18-46-75-62-40-32-53(4-2)33-41-62/h3-4,7-17,20-32,34-45,48-50,53H,1-2,5-6,18-19,33,46-47,51H2. The third-order valence-corrected chi connectivity index (χ3v) is 15.6. The normalized spacial score (nSPS) is 15.5. The van der Waals surface area contributed by atoms with Crippen LogP contribution in [0.1, 0.15) is 59.9 Å². The number of benzene rings is 9. The van der Waals surface area contributed by atoms with Gasteiger partial charge in [-0.05, 0) is 186 Å². The molecule has 2 aliphatic carbocycles. The summed E-state index contributed by atoms with van der Waals surface area (Å²) in [7, 11) is 0. The maximum absolute atomic E-state index is 6.46. The van der Waals surface area contributed by atoms with Crippen LogP contribution in [0.4, 0.5) is 17.1 Å². The van der Waals surface area contributed by atoms with Gasteiger partial charge < -0.3 is 18.9 Å². The first kappa shape index (κ1) is 48.1. The quantitative estimate of drug-likeness (QED) is 0.0597. The lowest BCUT2D eigenvalue weighted by Crippen LogP contribution is -2.30. The number of allylic oxidation sites excluding steroid dienone is 4. The first-order chi connectivity index (χ1) is 37.6. The highest BCUT2D eigenvalue weighted by Crippen LogP contribution is 2.55. The zero-order chi connectivity index (χ0) is 51.3. The molecule has 0 amide bonds. The van der Waals surface area contributed by atoms with E-state index in [1.807, 2.05) is 12.2 Å². The summed E-state index contributed by atoms with van der Waals surface area (Å²) in [5, 5.41) is 2.37. The Kier molecular flexibility index (Phi) is 13.6. The molecule has 0 radical (unpaired) electrons. The number of fused-ring (bicyclic) bond motifs is 6. The number of ether oxygens (including phenoxy) is 2. The van der Waals surface area contributed by atoms with Crippen LogP contribution in [0.15, 0.2) is 262 Å². The molecule has 12 rings (SSSR count). The first-order valence-corrected chi connectivity index (χ1v) is 26.9. The van der Waals surface area contributed by atoms with E-state index in [4.69, 9.17) is 9.47 Å². The second-order valence-electron chi connectivity index (χ2n) is 20.2. The van der Waals surface area contributed by atoms with E-state index in [2.05, 4.69) is 259 Å². The van der Waals surface area contributed by atoms with E-state index < -0.39 is 5.41 Å². The molecule has 0 aliphatic heterocycles. The Labute approximate surface area is 447 Å². The third kappa shape index (κ3) is 9.37. The zero-order valence-electron chi connectivity index (χ0n) is 43.0. The van der Waals surface area contributed by atoms with E-state index in [1.54, 1.807) is 0 Å². The Hall–Kier alpha value is -8.86. The minimum atomic E-state index is -0.419. The molecule has 4 nitrogen and oxygen atoms in total. The van der Waals surface area contributed by atoms with Crippen LogP contribution in [-0.4, -0.2) is 17.8 Å². The molecular formula is C72H62N2O2. The molecule has 4 heteroatoms. The van der Waals surface area contributed by atoms with Crippen LogP contribution >= 0.6 is 0 Å². The van der Waals surface area contributed by atoms with Crippen molar-refractivity contribution in [3.63, 3.8) is 0 Å². The van der Waals surface area contributed by atoms with Gasteiger partial charge in [-0.2, -0.15) is 0 Å². The number of anilines is 3. The number of hydrogen-bond acceptors (Lipinski definition) is 3. The van der Waals surface area contributed by atoms with Gasteiger partial charge in [0.15, 0.2) is 0 Å². The molecule has 2 unspecified atom stereocenters. The van der Waals surface area contributed by atoms with Gasteiger partial charge in [0.2, 0.25) is 0 Å². The van der Waals surface area contributed by atoms with Gasteiger partial charge in [-0.15, -0.1) is 6.58 Å². The van der Waals surface area contributed by atoms with Crippen LogP contribution in [-0.2, 0) is 16.6 Å². The highest BCUT2D eigenvalue weighted by atomic mass is 16.5. The van der Waals surface area contributed by atoms with E-state index in [0.717, 1.165) is 107 Å². The molecule has 76 heavy (non-hydrogen) atoms. The Balaban J connectivity index is 0.848. The Morgan fingerprint density at radius 1 is 0.539 bits per heavy atom. The molecule has 9 aromatic carbocycles. The van der Waals surface area contributed by atoms with Gasteiger partial charge >= 0.3 is 0 Å². The highest BCUT2D eigenvalue weighted by Gasteiger charge is 2.45. The van der Waals surface area contributed by atoms with Gasteiger partial charge in [-0.1, -0.05) is 164 Å². The predicted octanol–water partition coefficient (Wildman–Crippen LogP) is 18.7. The summed E-state index contributed by atoms with van der Waals surface area (Å²) < 4.78 is 14.8. The lowest BCUT2D eigenvalue weighted by atomic mass is 9.68. The Bertz CT molecular complexity index is 3740. The van der Waals surface area contributed by atoms with Gasteiger partial charge in [-0.3, -0.25) is 0 Å². The molecule has 0 N–H and O–H groups in total. The summed E-state index contributed by atoms with van der Waals surface area (Å²) in [5.74, 6) is 2.29. The molecule has 10 aromatic rings. The molecule has 1 heterocycles. The highest BCUT2D eigenvalue weighted by molar-refractivity contribution is 6.11. The topological polar surface area (TPSA) is 26.6 Å². The molecule has 0 bridgehead atoms. The van der Waals surface area contributed by atoms with Crippen LogP contribution < -0.4 is 9.64 Å². The number of unbranched alkanes of at least 4 members (excludes halogenated alkanes) is 3. The predicted molar refractivity (Wildman–Crippen MR) is 318 cm³/mol. The lowest BCUT2D eigenvalue weighted by molar-refractivity contribution is 0.212. The van der Waals surface area contributed by atoms with Crippen molar-refractivity contribution in [2.45, 2.75) is 43.9 Å². The fraction of sp³-hybridized carbons (Fsp3) is 0.139. The van der Waals surface area contributed by atoms with Crippen molar-refractivity contribution in [2.75, 3.05) is 18.1 Å². The SMILES string of the molecule is C=Cc1ccc(CC2(c3ccccc3)c3ccccc3-c3ccc(N(c4ccccc4)c4ccc(-c5ccc6c(c5)c5cc(OCCCCCCOC7=CCC(C=C)C=C7)ccc5n6-c5ccccc5)cc4)cc32)cc1. The maximum atomic E-state index is 6.46. The fourth-order valence-electron chi connectivity index (χ4n) is 11.7. The van der Waals surface area contributed by atoms with Crippen LogP contribution in [0.5, 0.6) is 5.75 Å². The Morgan fingerprint density at radius 2 is 1.17 bits per heavy atom. The van der Waals surface area contributed by atoms with Crippen molar-refractivity contribution < 1.29 is 9.47 Å². The van der Waals surface area contributed by atoms with E-state index >= 15 is 0 Å². The van der Waals surface area contributed by atoms with Gasteiger partial charge in [-0.25, -0.2) is 0 Å². The monoisotopic (exact) mass is 986 g/mol. The van der Waals surface area contributed by atoms with Crippen molar-refractivity contribution in [2.24, 2.45) is 5.92 Å². The minimum Gasteiger partial charge on any atom is -0.494 e. The Morgan fingerprint density at radius 3 is 1.89 bits per heavy atom. The van der Waals surface area contributed by atoms with Gasteiger partial charge in [0.1, 0.15) is 11.5 Å². The van der Waals surface area contributed by atoms with Crippen molar-refractivity contribution in [3.05, 3.63) is 289 Å². The smallest absolute Gasteiger partial charge is 0.120 e. The van der Waals surface area contributed by atoms with E-state index in [9.17, 15) is 0 Å². The molecular weight excluding hydrogens is 925 g/mol. The number of para-hydroxylation sites is 2. The van der Waals surface area contributed by atoms with Crippen LogP contribution in [0, 0.1) is 5.92 Å². The molecule has 0 fully saturated rings. The van der Waals surface area contributed by atoms with Crippen LogP contribution in [0.25, 0.3) is 55.8 Å². The summed E-state index contributed by atoms with van der Waals surface area (Å²) in [4.78, 5) is 2.40. The summed E-state index contributed by atoms with van der Waals surface area (Å²) >= 11 is 0. The van der Waals surface area contributed by atoms with Crippen molar-refractivity contribution in [1.29, 1.82) is 0 Å². The molecule has 1 aromatic heterocycles. The molecule has 372 valence electrons. The van der Waals surface area contributed by atoms with Gasteiger partial charge in [0.25, 0.3) is 0 Å². The molecule has 2 atom stereocenters. The second kappa shape index (κ2) is 21.5. The minimum absolute atomic E-state index is 0.417. The zero-order valence-corrected chi connectivity index (χ0v) is 43.0. The third-order valence-electron chi connectivity index (χ3n) is 15.6. The lowest BCUT2D eigenvalue weighted by Gasteiger charge is -2.34. The average molecular weight is 987 g/mol. The molecule has 0 saturated heterocycles. The number of hydrogen-bond donors (Lipinski definition) is 0. The largest absolute Gasteiger partial charge is 0.494 e. The van der Waals surface area contributed by atoms with Crippen molar-refractivity contribution in [3.8, 4) is 33.7 Å². The first-order valence-electron chi connectivity index (χ1n) is 26.9. The average Bonchev–Trinajstić information content (AvgIpc) is 4.02. The van der Waals surface area contributed by atoms with Crippen molar-refractivity contribution in [1.82, 2.24) is 4.57 Å². The summed E-state index contributed by atoms with van der Waals surface area (Å²) in [6.07, 6.45) is 16.3. The molecule has 0 spiro atoms. The number of rotatable bonds is 19. The van der Waals surface area contributed by atoms with Crippen LogP contribution in [0.2, 0.25) is 0 Å². The van der Waals surface area contributed by atoms with Gasteiger partial charge in [0.05, 0.1) is 29.7 Å². The number of nitrogens with zero attached hydrogens (tertiary/aromatic N) is 2. The summed E-state index contributed by atoms with van der Waals surface area (Å²) in [6, 6.07) is 80.1. The molecule has 2 aliphatic rings. The van der Waals surface area contributed by atoms with E-state index in [-0.39, 0.29) is 0 Å². The number of aromatic nitrogens is 1. The van der Waals surface area contributed by atoms with E-state index in [1.165, 1.54) is 44.2 Å². The second-order valence-corrected chi connectivity index (χ2v) is 20.2. The van der Waals surface area contributed by atoms with Gasteiger partial charge in [0, 0.05) is 33.5 Å². The molecule has 0 saturated carbocycles.